The van der Waals surface area contributed by atoms with Gasteiger partial charge >= 0.3 is 0 Å². The second kappa shape index (κ2) is 7.77. The number of nitrogens with zero attached hydrogens (tertiary/aromatic N) is 3. The van der Waals surface area contributed by atoms with E-state index in [9.17, 15) is 4.79 Å². The number of benzene rings is 1. The van der Waals surface area contributed by atoms with Crippen molar-refractivity contribution in [1.29, 1.82) is 5.26 Å². The van der Waals surface area contributed by atoms with E-state index in [0.717, 1.165) is 30.9 Å². The lowest BCUT2D eigenvalue weighted by Crippen LogP contribution is -2.52. The highest BCUT2D eigenvalue weighted by Crippen LogP contribution is 2.20. The predicted octanol–water partition coefficient (Wildman–Crippen LogP) is 1.71. The van der Waals surface area contributed by atoms with E-state index in [1.165, 1.54) is 5.56 Å². The van der Waals surface area contributed by atoms with E-state index in [0.29, 0.717) is 12.3 Å². The maximum Gasteiger partial charge on any atom is 0.225 e. The van der Waals surface area contributed by atoms with Crippen molar-refractivity contribution in [2.75, 3.05) is 20.1 Å². The highest BCUT2D eigenvalue weighted by atomic mass is 16.5. The molecule has 6 heteroatoms. The molecule has 0 saturated carbocycles. The van der Waals surface area contributed by atoms with Crippen LogP contribution in [-0.4, -0.2) is 35.9 Å². The molecule has 1 aromatic heterocycles. The van der Waals surface area contributed by atoms with E-state index < -0.39 is 0 Å². The first kappa shape index (κ1) is 16.9. The van der Waals surface area contributed by atoms with E-state index in [4.69, 9.17) is 10.00 Å². The third-order valence-corrected chi connectivity index (χ3v) is 4.25. The fraction of sp³-hybridized carbons (Fsp3) is 0.316. The zero-order chi connectivity index (χ0) is 17.6. The highest BCUT2D eigenvalue weighted by molar-refractivity contribution is 5.79. The summed E-state index contributed by atoms with van der Waals surface area (Å²) in [5.74, 6) is 1.02. The second-order valence-electron chi connectivity index (χ2n) is 6.10. The van der Waals surface area contributed by atoms with Crippen molar-refractivity contribution in [1.82, 2.24) is 15.2 Å². The van der Waals surface area contributed by atoms with Crippen molar-refractivity contribution in [3.8, 4) is 11.8 Å². The second-order valence-corrected chi connectivity index (χ2v) is 6.10. The summed E-state index contributed by atoms with van der Waals surface area (Å²) in [4.78, 5) is 17.7. The predicted molar refractivity (Wildman–Crippen MR) is 92.6 cm³/mol. The lowest BCUT2D eigenvalue weighted by molar-refractivity contribution is -0.129. The molecule has 128 valence electrons. The number of hydrogen-bond acceptors (Lipinski definition) is 5. The summed E-state index contributed by atoms with van der Waals surface area (Å²) >= 11 is 0. The van der Waals surface area contributed by atoms with Gasteiger partial charge < -0.3 is 10.1 Å². The number of ether oxygens (including phenoxy) is 1. The monoisotopic (exact) mass is 336 g/mol. The Bertz CT molecular complexity index is 777. The van der Waals surface area contributed by atoms with Crippen molar-refractivity contribution in [3.63, 3.8) is 0 Å². The largest absolute Gasteiger partial charge is 0.489 e. The van der Waals surface area contributed by atoms with Gasteiger partial charge in [0.15, 0.2) is 0 Å². The highest BCUT2D eigenvalue weighted by Gasteiger charge is 2.31. The van der Waals surface area contributed by atoms with Crippen LogP contribution in [0.2, 0.25) is 0 Å². The summed E-state index contributed by atoms with van der Waals surface area (Å²) in [6.07, 6.45) is 1.61. The van der Waals surface area contributed by atoms with Gasteiger partial charge in [-0.15, -0.1) is 0 Å². The Morgan fingerprint density at radius 3 is 2.76 bits per heavy atom. The zero-order valence-corrected chi connectivity index (χ0v) is 14.1. The van der Waals surface area contributed by atoms with Crippen LogP contribution in [0.4, 0.5) is 0 Å². The molecule has 1 amide bonds. The van der Waals surface area contributed by atoms with Crippen LogP contribution in [0.5, 0.6) is 5.75 Å². The van der Waals surface area contributed by atoms with Crippen molar-refractivity contribution in [3.05, 3.63) is 59.4 Å². The molecule has 25 heavy (non-hydrogen) atoms. The number of hydrogen-bond donors (Lipinski definition) is 1. The molecule has 6 nitrogen and oxygen atoms in total. The van der Waals surface area contributed by atoms with Gasteiger partial charge in [0, 0.05) is 32.9 Å². The van der Waals surface area contributed by atoms with Gasteiger partial charge in [-0.1, -0.05) is 12.1 Å². The minimum atomic E-state index is 0.117. The number of likely N-dealkylation sites (tertiary alicyclic amines) is 1. The topological polar surface area (TPSA) is 78.2 Å². The van der Waals surface area contributed by atoms with Gasteiger partial charge in [-0.05, 0) is 35.4 Å². The molecule has 1 aliphatic rings. The van der Waals surface area contributed by atoms with E-state index in [2.05, 4.69) is 15.2 Å². The number of carbonyl (C=O) groups is 1. The smallest absolute Gasteiger partial charge is 0.225 e. The number of nitriles is 1. The van der Waals surface area contributed by atoms with Gasteiger partial charge in [0.05, 0.1) is 5.92 Å². The normalized spacial score (nSPS) is 14.4. The molecule has 0 aliphatic carbocycles. The van der Waals surface area contributed by atoms with Crippen LogP contribution >= 0.6 is 0 Å². The molecule has 1 N–H and O–H groups in total. The number of carbonyl (C=O) groups excluding carboxylic acids is 1. The summed E-state index contributed by atoms with van der Waals surface area (Å²) in [5.41, 5.74) is 2.50. The molecule has 1 aromatic carbocycles. The van der Waals surface area contributed by atoms with Gasteiger partial charge in [-0.3, -0.25) is 9.69 Å². The Morgan fingerprint density at radius 1 is 1.32 bits per heavy atom. The number of aromatic nitrogens is 1. The van der Waals surface area contributed by atoms with Crippen LogP contribution in [0.1, 0.15) is 16.8 Å². The Balaban J connectivity index is 1.48. The first-order chi connectivity index (χ1) is 12.2. The number of amides is 1. The van der Waals surface area contributed by atoms with Gasteiger partial charge in [0.1, 0.15) is 24.1 Å². The molecule has 0 unspecified atom stereocenters. The number of nitrogens with one attached hydrogen (secondary N) is 1. The molecule has 1 fully saturated rings. The molecule has 2 heterocycles. The quantitative estimate of drug-likeness (QED) is 0.869. The minimum Gasteiger partial charge on any atom is -0.489 e. The van der Waals surface area contributed by atoms with E-state index in [1.807, 2.05) is 36.4 Å². The summed E-state index contributed by atoms with van der Waals surface area (Å²) in [7, 11) is 1.68. The average Bonchev–Trinajstić information content (AvgIpc) is 2.63. The molecule has 1 saturated heterocycles. The molecule has 0 atom stereocenters. The number of pyridine rings is 1. The first-order valence-electron chi connectivity index (χ1n) is 8.18. The van der Waals surface area contributed by atoms with E-state index in [1.54, 1.807) is 19.3 Å². The third kappa shape index (κ3) is 4.34. The van der Waals surface area contributed by atoms with Crippen LogP contribution in [0.3, 0.4) is 0 Å². The van der Waals surface area contributed by atoms with Crippen molar-refractivity contribution in [2.45, 2.75) is 13.2 Å². The molecule has 0 spiro atoms. The fourth-order valence-corrected chi connectivity index (χ4v) is 2.81. The Hall–Kier alpha value is -2.91. The van der Waals surface area contributed by atoms with Crippen LogP contribution in [-0.2, 0) is 17.9 Å². The van der Waals surface area contributed by atoms with Crippen LogP contribution < -0.4 is 10.1 Å². The van der Waals surface area contributed by atoms with Crippen LogP contribution in [0, 0.1) is 17.2 Å². The lowest BCUT2D eigenvalue weighted by Gasteiger charge is -2.38. The first-order valence-corrected chi connectivity index (χ1v) is 8.18. The molecule has 2 aromatic rings. The lowest BCUT2D eigenvalue weighted by atomic mass is 9.98. The molecular weight excluding hydrogens is 316 g/mol. The van der Waals surface area contributed by atoms with Gasteiger partial charge in [0.25, 0.3) is 0 Å². The van der Waals surface area contributed by atoms with Gasteiger partial charge in [0.2, 0.25) is 5.91 Å². The fourth-order valence-electron chi connectivity index (χ4n) is 2.81. The number of rotatable bonds is 6. The molecule has 0 radical (unpaired) electrons. The van der Waals surface area contributed by atoms with Crippen LogP contribution in [0.25, 0.3) is 0 Å². The Kier molecular flexibility index (Phi) is 5.26. The van der Waals surface area contributed by atoms with E-state index in [-0.39, 0.29) is 11.8 Å². The molecule has 0 bridgehead atoms. The summed E-state index contributed by atoms with van der Waals surface area (Å²) < 4.78 is 5.75. The molecule has 3 rings (SSSR count). The van der Waals surface area contributed by atoms with E-state index >= 15 is 0 Å². The summed E-state index contributed by atoms with van der Waals surface area (Å²) in [5, 5.41) is 11.5. The maximum absolute atomic E-state index is 11.5. The minimum absolute atomic E-state index is 0.117. The summed E-state index contributed by atoms with van der Waals surface area (Å²) in [6, 6.07) is 13.5. The van der Waals surface area contributed by atoms with Gasteiger partial charge in [-0.2, -0.15) is 5.26 Å². The third-order valence-electron chi connectivity index (χ3n) is 4.25. The molecule has 1 aliphatic heterocycles. The van der Waals surface area contributed by atoms with Crippen molar-refractivity contribution in [2.24, 2.45) is 5.92 Å². The maximum atomic E-state index is 11.5. The Labute approximate surface area is 147 Å². The van der Waals surface area contributed by atoms with Gasteiger partial charge in [-0.25, -0.2) is 4.98 Å². The standard InChI is InChI=1S/C19H20N4O2/c1-21-19(24)16-11-23(12-16)10-14-2-4-18(5-3-14)25-13-15-6-7-22-17(8-15)9-20/h2-8,16H,10-13H2,1H3,(H,21,24). The van der Waals surface area contributed by atoms with Crippen molar-refractivity contribution >= 4 is 5.91 Å². The summed E-state index contributed by atoms with van der Waals surface area (Å²) in [6.45, 7) is 2.85. The van der Waals surface area contributed by atoms with Crippen LogP contribution in [0.15, 0.2) is 42.6 Å². The SMILES string of the molecule is CNC(=O)C1CN(Cc2ccc(OCc3ccnc(C#N)c3)cc2)C1. The molecular formula is C19H20N4O2. The zero-order valence-electron chi connectivity index (χ0n) is 14.1. The average molecular weight is 336 g/mol. The Morgan fingerprint density at radius 2 is 2.08 bits per heavy atom. The van der Waals surface area contributed by atoms with Crippen molar-refractivity contribution < 1.29 is 9.53 Å².